The lowest BCUT2D eigenvalue weighted by molar-refractivity contribution is -0.113. The Morgan fingerprint density at radius 3 is 2.64 bits per heavy atom. The van der Waals surface area contributed by atoms with Gasteiger partial charge in [-0.05, 0) is 42.7 Å². The van der Waals surface area contributed by atoms with E-state index in [1.165, 1.54) is 7.11 Å². The van der Waals surface area contributed by atoms with Crippen molar-refractivity contribution in [2.45, 2.75) is 52.4 Å². The predicted octanol–water partition coefficient (Wildman–Crippen LogP) is 6.47. The molecule has 3 aromatic rings. The van der Waals surface area contributed by atoms with Gasteiger partial charge in [-0.3, -0.25) is 4.79 Å². The fourth-order valence-corrected chi connectivity index (χ4v) is 4.69. The van der Waals surface area contributed by atoms with Gasteiger partial charge >= 0.3 is 5.97 Å². The van der Waals surface area contributed by atoms with Gasteiger partial charge in [-0.1, -0.05) is 62.6 Å². The largest absolute Gasteiger partial charge is 0.465 e. The number of nitrogens with zero attached hydrogens (tertiary/aromatic N) is 2. The maximum atomic E-state index is 13.5. The molecule has 0 unspecified atom stereocenters. The van der Waals surface area contributed by atoms with E-state index in [4.69, 9.17) is 21.3 Å². The van der Waals surface area contributed by atoms with Gasteiger partial charge in [0.2, 0.25) is 0 Å². The number of methoxy groups -OCH3 is 1. The molecular weight excluding hydrogens is 474 g/mol. The number of halogens is 1. The van der Waals surface area contributed by atoms with Crippen LogP contribution in [0.4, 0.5) is 5.69 Å². The van der Waals surface area contributed by atoms with Crippen molar-refractivity contribution in [2.75, 3.05) is 18.6 Å². The Morgan fingerprint density at radius 1 is 1.14 bits per heavy atom. The fourth-order valence-electron chi connectivity index (χ4n) is 4.44. The van der Waals surface area contributed by atoms with Crippen LogP contribution in [-0.4, -0.2) is 35.5 Å². The first-order valence-corrected chi connectivity index (χ1v) is 12.9. The van der Waals surface area contributed by atoms with Gasteiger partial charge in [0.25, 0.3) is 5.91 Å². The van der Waals surface area contributed by atoms with Crippen LogP contribution in [0, 0.1) is 0 Å². The molecule has 1 amide bonds. The highest BCUT2D eigenvalue weighted by atomic mass is 35.5. The van der Waals surface area contributed by atoms with E-state index >= 15 is 0 Å². The number of imidazole rings is 1. The number of aromatic amines is 1. The molecular formula is C29H32ClN3O3. The Hall–Kier alpha value is -3.38. The SMILES string of the molecule is CCCCc1nc(Cc2ccc(C(=O)OC)cc2Cl)c(C=C2C(=O)N(CCCC)c3ccccc32)[nH]1. The number of carbonyl (C=O) groups is 2. The van der Waals surface area contributed by atoms with E-state index in [0.717, 1.165) is 66.1 Å². The van der Waals surface area contributed by atoms with Crippen LogP contribution in [-0.2, 0) is 22.4 Å². The fraction of sp³-hybridized carbons (Fsp3) is 0.345. The topological polar surface area (TPSA) is 75.3 Å². The number of H-pyrrole nitrogens is 1. The van der Waals surface area contributed by atoms with E-state index in [1.54, 1.807) is 12.1 Å². The highest BCUT2D eigenvalue weighted by Gasteiger charge is 2.32. The Labute approximate surface area is 217 Å². The Bertz CT molecular complexity index is 1290. The van der Waals surface area contributed by atoms with Crippen LogP contribution in [0.2, 0.25) is 5.02 Å². The van der Waals surface area contributed by atoms with Crippen LogP contribution < -0.4 is 4.90 Å². The molecule has 2 aromatic carbocycles. The zero-order chi connectivity index (χ0) is 25.7. The van der Waals surface area contributed by atoms with Crippen molar-refractivity contribution in [3.63, 3.8) is 0 Å². The first-order chi connectivity index (χ1) is 17.5. The molecule has 0 radical (unpaired) electrons. The molecule has 1 N–H and O–H groups in total. The average Bonchev–Trinajstić information content (AvgIpc) is 3.39. The van der Waals surface area contributed by atoms with Gasteiger partial charge in [0, 0.05) is 30.0 Å². The van der Waals surface area contributed by atoms with Crippen molar-refractivity contribution >= 4 is 40.8 Å². The minimum Gasteiger partial charge on any atom is -0.465 e. The molecule has 0 fully saturated rings. The molecule has 1 aliphatic rings. The minimum absolute atomic E-state index is 0.0146. The number of carbonyl (C=O) groups excluding carboxylic acids is 2. The molecule has 7 heteroatoms. The number of para-hydroxylation sites is 1. The van der Waals surface area contributed by atoms with Crippen molar-refractivity contribution in [1.29, 1.82) is 0 Å². The van der Waals surface area contributed by atoms with Crippen LogP contribution >= 0.6 is 11.6 Å². The monoisotopic (exact) mass is 505 g/mol. The molecule has 0 bridgehead atoms. The molecule has 36 heavy (non-hydrogen) atoms. The molecule has 1 aliphatic heterocycles. The van der Waals surface area contributed by atoms with E-state index in [1.807, 2.05) is 41.3 Å². The van der Waals surface area contributed by atoms with E-state index in [9.17, 15) is 9.59 Å². The van der Waals surface area contributed by atoms with Gasteiger partial charge in [0.05, 0.1) is 35.3 Å². The van der Waals surface area contributed by atoms with Crippen molar-refractivity contribution in [3.8, 4) is 0 Å². The molecule has 4 rings (SSSR count). The average molecular weight is 506 g/mol. The second kappa shape index (κ2) is 11.6. The highest BCUT2D eigenvalue weighted by molar-refractivity contribution is 6.35. The first-order valence-electron chi connectivity index (χ1n) is 12.5. The normalized spacial score (nSPS) is 13.9. The number of amides is 1. The number of aromatic nitrogens is 2. The molecule has 0 spiro atoms. The smallest absolute Gasteiger partial charge is 0.337 e. The number of hydrogen-bond donors (Lipinski definition) is 1. The number of fused-ring (bicyclic) bond motifs is 1. The summed E-state index contributed by atoms with van der Waals surface area (Å²) >= 11 is 6.53. The standard InChI is InChI=1S/C29H32ClN3O3/c1-4-6-12-27-31-24(17-19-13-14-20(16-23(19)30)29(35)36-3)25(32-27)18-22-21-10-8-9-11-26(21)33(28(22)34)15-7-5-2/h8-11,13-14,16,18H,4-7,12,15,17H2,1-3H3,(H,31,32). The van der Waals surface area contributed by atoms with E-state index in [-0.39, 0.29) is 5.91 Å². The summed E-state index contributed by atoms with van der Waals surface area (Å²) < 4.78 is 4.80. The molecule has 1 aromatic heterocycles. The molecule has 0 atom stereocenters. The highest BCUT2D eigenvalue weighted by Crippen LogP contribution is 2.38. The second-order valence-corrected chi connectivity index (χ2v) is 9.41. The van der Waals surface area contributed by atoms with Gasteiger partial charge in [-0.2, -0.15) is 0 Å². The van der Waals surface area contributed by atoms with Gasteiger partial charge in [-0.25, -0.2) is 9.78 Å². The molecule has 6 nitrogen and oxygen atoms in total. The number of nitrogens with one attached hydrogen (secondary N) is 1. The van der Waals surface area contributed by atoms with Gasteiger partial charge in [0.15, 0.2) is 0 Å². The lowest BCUT2D eigenvalue weighted by atomic mass is 10.0. The Balaban J connectivity index is 1.72. The molecule has 0 saturated carbocycles. The Kier molecular flexibility index (Phi) is 8.26. The van der Waals surface area contributed by atoms with Crippen molar-refractivity contribution in [3.05, 3.63) is 81.4 Å². The van der Waals surface area contributed by atoms with Crippen LogP contribution in [0.15, 0.2) is 42.5 Å². The molecule has 0 aliphatic carbocycles. The van der Waals surface area contributed by atoms with Crippen LogP contribution in [0.1, 0.15) is 78.2 Å². The summed E-state index contributed by atoms with van der Waals surface area (Å²) in [6.45, 7) is 4.97. The summed E-state index contributed by atoms with van der Waals surface area (Å²) in [5.74, 6) is 0.477. The van der Waals surface area contributed by atoms with Gasteiger partial charge in [0.1, 0.15) is 5.82 Å². The summed E-state index contributed by atoms with van der Waals surface area (Å²) in [6.07, 6.45) is 7.28. The summed E-state index contributed by atoms with van der Waals surface area (Å²) in [5.41, 5.74) is 5.44. The number of hydrogen-bond acceptors (Lipinski definition) is 4. The van der Waals surface area contributed by atoms with Crippen LogP contribution in [0.3, 0.4) is 0 Å². The lowest BCUT2D eigenvalue weighted by Crippen LogP contribution is -2.27. The number of aryl methyl sites for hydroxylation is 1. The third-order valence-electron chi connectivity index (χ3n) is 6.44. The van der Waals surface area contributed by atoms with Crippen LogP contribution in [0.5, 0.6) is 0 Å². The zero-order valence-corrected chi connectivity index (χ0v) is 21.8. The summed E-state index contributed by atoms with van der Waals surface area (Å²) in [7, 11) is 1.34. The minimum atomic E-state index is -0.429. The predicted molar refractivity (Wildman–Crippen MR) is 144 cm³/mol. The van der Waals surface area contributed by atoms with Gasteiger partial charge < -0.3 is 14.6 Å². The summed E-state index contributed by atoms with van der Waals surface area (Å²) in [4.78, 5) is 35.5. The molecule has 2 heterocycles. The third-order valence-corrected chi connectivity index (χ3v) is 6.80. The molecule has 188 valence electrons. The van der Waals surface area contributed by atoms with Crippen LogP contribution in [0.25, 0.3) is 11.6 Å². The number of benzene rings is 2. The van der Waals surface area contributed by atoms with E-state index in [0.29, 0.717) is 29.1 Å². The Morgan fingerprint density at radius 2 is 1.92 bits per heavy atom. The maximum absolute atomic E-state index is 13.5. The van der Waals surface area contributed by atoms with E-state index < -0.39 is 5.97 Å². The first kappa shape index (κ1) is 25.7. The number of esters is 1. The number of ether oxygens (including phenoxy) is 1. The van der Waals surface area contributed by atoms with E-state index in [2.05, 4.69) is 18.8 Å². The second-order valence-electron chi connectivity index (χ2n) is 9.01. The number of rotatable bonds is 10. The quantitative estimate of drug-likeness (QED) is 0.253. The van der Waals surface area contributed by atoms with Crippen molar-refractivity contribution in [2.24, 2.45) is 0 Å². The van der Waals surface area contributed by atoms with Crippen molar-refractivity contribution in [1.82, 2.24) is 9.97 Å². The number of unbranched alkanes of at least 4 members (excludes halogenated alkanes) is 2. The zero-order valence-electron chi connectivity index (χ0n) is 21.1. The summed E-state index contributed by atoms with van der Waals surface area (Å²) in [6, 6.07) is 13.1. The molecule has 0 saturated heterocycles. The third kappa shape index (κ3) is 5.39. The summed E-state index contributed by atoms with van der Waals surface area (Å²) in [5, 5.41) is 0.475. The maximum Gasteiger partial charge on any atom is 0.337 e. The number of anilines is 1. The van der Waals surface area contributed by atoms with Crippen molar-refractivity contribution < 1.29 is 14.3 Å². The lowest BCUT2D eigenvalue weighted by Gasteiger charge is -2.16. The van der Waals surface area contributed by atoms with Gasteiger partial charge in [-0.15, -0.1) is 0 Å².